The number of carboxylic acid groups (broad SMARTS) is 1. The van der Waals surface area contributed by atoms with E-state index in [0.717, 1.165) is 18.1 Å². The summed E-state index contributed by atoms with van der Waals surface area (Å²) in [4.78, 5) is 10.8. The van der Waals surface area contributed by atoms with Gasteiger partial charge >= 0.3 is 5.97 Å². The Morgan fingerprint density at radius 1 is 1.50 bits per heavy atom. The van der Waals surface area contributed by atoms with Crippen LogP contribution in [0.15, 0.2) is 22.0 Å². The van der Waals surface area contributed by atoms with Gasteiger partial charge in [-0.25, -0.2) is 4.79 Å². The average Bonchev–Trinajstić information content (AvgIpc) is 2.48. The lowest BCUT2D eigenvalue weighted by Gasteiger charge is -1.98. The number of fused-ring (bicyclic) bond motifs is 1. The van der Waals surface area contributed by atoms with Gasteiger partial charge in [0.1, 0.15) is 0 Å². The van der Waals surface area contributed by atoms with Gasteiger partial charge in [0.15, 0.2) is 0 Å². The van der Waals surface area contributed by atoms with Crippen molar-refractivity contribution >= 4 is 65.9 Å². The van der Waals surface area contributed by atoms with Gasteiger partial charge in [0.25, 0.3) is 0 Å². The second-order valence-corrected chi connectivity index (χ2v) is 5.62. The van der Waals surface area contributed by atoms with E-state index in [0.29, 0.717) is 5.56 Å². The number of hydrogen-bond donors (Lipinski definition) is 1. The molecule has 72 valence electrons. The molecule has 0 aliphatic heterocycles. The van der Waals surface area contributed by atoms with Gasteiger partial charge in [-0.15, -0.1) is 11.3 Å². The van der Waals surface area contributed by atoms with E-state index >= 15 is 0 Å². The lowest BCUT2D eigenvalue weighted by Crippen LogP contribution is -1.96. The van der Waals surface area contributed by atoms with Gasteiger partial charge in [0.2, 0.25) is 0 Å². The highest BCUT2D eigenvalue weighted by Gasteiger charge is 2.10. The maximum atomic E-state index is 10.8. The van der Waals surface area contributed by atoms with E-state index < -0.39 is 5.97 Å². The van der Waals surface area contributed by atoms with E-state index in [4.69, 9.17) is 5.11 Å². The van der Waals surface area contributed by atoms with E-state index in [1.54, 1.807) is 23.5 Å². The fourth-order valence-electron chi connectivity index (χ4n) is 1.19. The van der Waals surface area contributed by atoms with Crippen molar-refractivity contribution < 1.29 is 9.90 Å². The SMILES string of the molecule is O=C(O)c1cc(I)c2scc(Br)c2c1. The molecule has 2 nitrogen and oxygen atoms in total. The number of halogens is 2. The number of thiophene rings is 1. The van der Waals surface area contributed by atoms with E-state index in [2.05, 4.69) is 38.5 Å². The molecular formula is C9H4BrIO2S. The molecule has 0 radical (unpaired) electrons. The number of rotatable bonds is 1. The molecular weight excluding hydrogens is 379 g/mol. The van der Waals surface area contributed by atoms with Crippen molar-refractivity contribution in [1.29, 1.82) is 0 Å². The van der Waals surface area contributed by atoms with Crippen LogP contribution in [0.5, 0.6) is 0 Å². The molecule has 2 aromatic rings. The molecule has 5 heteroatoms. The predicted molar refractivity (Wildman–Crippen MR) is 69.2 cm³/mol. The van der Waals surface area contributed by atoms with Gasteiger partial charge in [0, 0.05) is 23.5 Å². The molecule has 0 spiro atoms. The van der Waals surface area contributed by atoms with E-state index in [1.807, 2.05) is 5.38 Å². The lowest BCUT2D eigenvalue weighted by molar-refractivity contribution is 0.0697. The maximum Gasteiger partial charge on any atom is 0.335 e. The highest BCUT2D eigenvalue weighted by atomic mass is 127. The Morgan fingerprint density at radius 2 is 2.21 bits per heavy atom. The summed E-state index contributed by atoms with van der Waals surface area (Å²) < 4.78 is 3.06. The number of carboxylic acids is 1. The van der Waals surface area contributed by atoms with Gasteiger partial charge in [-0.1, -0.05) is 0 Å². The monoisotopic (exact) mass is 382 g/mol. The van der Waals surface area contributed by atoms with Crippen LogP contribution in [-0.4, -0.2) is 11.1 Å². The quantitative estimate of drug-likeness (QED) is 0.758. The summed E-state index contributed by atoms with van der Waals surface area (Å²) in [6.07, 6.45) is 0. The molecule has 0 saturated heterocycles. The fraction of sp³-hybridized carbons (Fsp3) is 0. The normalized spacial score (nSPS) is 10.7. The van der Waals surface area contributed by atoms with Crippen molar-refractivity contribution in [2.24, 2.45) is 0 Å². The zero-order chi connectivity index (χ0) is 10.3. The van der Waals surface area contributed by atoms with Crippen LogP contribution >= 0.6 is 49.9 Å². The molecule has 1 aromatic heterocycles. The molecule has 0 fully saturated rings. The zero-order valence-corrected chi connectivity index (χ0v) is 11.3. The van der Waals surface area contributed by atoms with Crippen molar-refractivity contribution in [2.75, 3.05) is 0 Å². The van der Waals surface area contributed by atoms with E-state index in [-0.39, 0.29) is 0 Å². The van der Waals surface area contributed by atoms with E-state index in [9.17, 15) is 4.79 Å². The van der Waals surface area contributed by atoms with Crippen molar-refractivity contribution in [3.63, 3.8) is 0 Å². The Balaban J connectivity index is 2.82. The molecule has 1 heterocycles. The molecule has 0 unspecified atom stereocenters. The number of hydrogen-bond acceptors (Lipinski definition) is 2. The van der Waals surface area contributed by atoms with Crippen LogP contribution in [0.3, 0.4) is 0 Å². The zero-order valence-electron chi connectivity index (χ0n) is 6.75. The van der Waals surface area contributed by atoms with E-state index in [1.165, 1.54) is 0 Å². The predicted octanol–water partition coefficient (Wildman–Crippen LogP) is 3.97. The fourth-order valence-corrected chi connectivity index (χ4v) is 3.74. The van der Waals surface area contributed by atoms with Gasteiger partial charge in [-0.3, -0.25) is 0 Å². The van der Waals surface area contributed by atoms with Crippen LogP contribution in [-0.2, 0) is 0 Å². The van der Waals surface area contributed by atoms with Gasteiger partial charge < -0.3 is 5.11 Å². The Morgan fingerprint density at radius 3 is 2.86 bits per heavy atom. The second kappa shape index (κ2) is 3.79. The molecule has 14 heavy (non-hydrogen) atoms. The molecule has 1 aromatic carbocycles. The van der Waals surface area contributed by atoms with Gasteiger partial charge in [-0.05, 0) is 50.7 Å². The third kappa shape index (κ3) is 1.68. The van der Waals surface area contributed by atoms with Crippen molar-refractivity contribution in [3.05, 3.63) is 31.1 Å². The summed E-state index contributed by atoms with van der Waals surface area (Å²) in [5, 5.41) is 11.8. The number of benzene rings is 1. The summed E-state index contributed by atoms with van der Waals surface area (Å²) in [6, 6.07) is 3.38. The highest BCUT2D eigenvalue weighted by molar-refractivity contribution is 14.1. The average molecular weight is 383 g/mol. The molecule has 0 atom stereocenters. The lowest BCUT2D eigenvalue weighted by atomic mass is 10.2. The molecule has 0 aliphatic rings. The summed E-state index contributed by atoms with van der Waals surface area (Å²) in [6.45, 7) is 0. The first-order valence-electron chi connectivity index (χ1n) is 3.69. The summed E-state index contributed by atoms with van der Waals surface area (Å²) >= 11 is 7.17. The third-order valence-corrected chi connectivity index (χ3v) is 5.03. The standard InChI is InChI=1S/C9H4BrIO2S/c10-6-3-14-8-5(6)1-4(9(12)13)2-7(8)11/h1-3H,(H,12,13). The molecule has 0 amide bonds. The number of carbonyl (C=O) groups is 1. The van der Waals surface area contributed by atoms with Crippen LogP contribution in [0, 0.1) is 3.57 Å². The van der Waals surface area contributed by atoms with Crippen LogP contribution in [0.25, 0.3) is 10.1 Å². The molecule has 0 aliphatic carbocycles. The molecule has 1 N–H and O–H groups in total. The number of aromatic carboxylic acids is 1. The first-order chi connectivity index (χ1) is 6.59. The van der Waals surface area contributed by atoms with Gasteiger partial charge in [-0.2, -0.15) is 0 Å². The smallest absolute Gasteiger partial charge is 0.335 e. The summed E-state index contributed by atoms with van der Waals surface area (Å²) in [5.74, 6) is -0.886. The first kappa shape index (κ1) is 10.4. The van der Waals surface area contributed by atoms with Crippen LogP contribution in [0.2, 0.25) is 0 Å². The Hall–Kier alpha value is -0.140. The van der Waals surface area contributed by atoms with Crippen molar-refractivity contribution in [3.8, 4) is 0 Å². The Bertz CT molecular complexity index is 521. The largest absolute Gasteiger partial charge is 0.478 e. The van der Waals surface area contributed by atoms with Crippen LogP contribution in [0.4, 0.5) is 0 Å². The summed E-state index contributed by atoms with van der Waals surface area (Å²) in [5.41, 5.74) is 0.334. The van der Waals surface area contributed by atoms with Crippen LogP contribution in [0.1, 0.15) is 10.4 Å². The highest BCUT2D eigenvalue weighted by Crippen LogP contribution is 2.34. The summed E-state index contributed by atoms with van der Waals surface area (Å²) in [7, 11) is 0. The maximum absolute atomic E-state index is 10.8. The molecule has 2 rings (SSSR count). The minimum absolute atomic E-state index is 0.334. The van der Waals surface area contributed by atoms with Crippen molar-refractivity contribution in [2.45, 2.75) is 0 Å². The third-order valence-electron chi connectivity index (χ3n) is 1.83. The van der Waals surface area contributed by atoms with Gasteiger partial charge in [0.05, 0.1) is 5.56 Å². The first-order valence-corrected chi connectivity index (χ1v) is 6.44. The van der Waals surface area contributed by atoms with Crippen LogP contribution < -0.4 is 0 Å². The second-order valence-electron chi connectivity index (χ2n) is 2.72. The Labute approximate surface area is 106 Å². The topological polar surface area (TPSA) is 37.3 Å². The Kier molecular flexibility index (Phi) is 2.81. The molecule has 0 saturated carbocycles. The minimum Gasteiger partial charge on any atom is -0.478 e. The minimum atomic E-state index is -0.886. The molecule has 0 bridgehead atoms. The van der Waals surface area contributed by atoms with Crippen molar-refractivity contribution in [1.82, 2.24) is 0 Å².